The third-order valence-corrected chi connectivity index (χ3v) is 9.02. The molecule has 2 aromatic rings. The van der Waals surface area contributed by atoms with Crippen molar-refractivity contribution >= 4 is 48.9 Å². The summed E-state index contributed by atoms with van der Waals surface area (Å²) in [7, 11) is -7.65. The molecule has 0 radical (unpaired) electrons. The fourth-order valence-corrected chi connectivity index (χ4v) is 6.07. The first-order valence-corrected chi connectivity index (χ1v) is 14.2. The van der Waals surface area contributed by atoms with Crippen LogP contribution in [0.3, 0.4) is 0 Å². The molecule has 1 aromatic heterocycles. The molecule has 1 aliphatic rings. The van der Waals surface area contributed by atoms with E-state index in [2.05, 4.69) is 10.3 Å². The molecule has 0 aliphatic heterocycles. The molecular weight excluding hydrogens is 492 g/mol. The average molecular weight is 517 g/mol. The van der Waals surface area contributed by atoms with Gasteiger partial charge in [0, 0.05) is 18.5 Å². The van der Waals surface area contributed by atoms with Crippen molar-refractivity contribution in [1.82, 2.24) is 15.0 Å². The second kappa shape index (κ2) is 10.2. The SMILES string of the molecule is CS(=O)(=O)c1ccc(N(CC2CCCC2)C(=O)NC(NS(=O)(=O)c2cncs2)C(=O)O)cc1. The fraction of sp³-hybridized carbons (Fsp3) is 0.421. The zero-order valence-electron chi connectivity index (χ0n) is 17.7. The number of carboxylic acid groups (broad SMARTS) is 1. The lowest BCUT2D eigenvalue weighted by atomic mass is 10.1. The summed E-state index contributed by atoms with van der Waals surface area (Å²) < 4.78 is 50.1. The van der Waals surface area contributed by atoms with Gasteiger partial charge in [-0.15, -0.1) is 11.3 Å². The second-order valence-electron chi connectivity index (χ2n) is 7.69. The maximum absolute atomic E-state index is 13.1. The van der Waals surface area contributed by atoms with Crippen molar-refractivity contribution in [2.24, 2.45) is 5.92 Å². The van der Waals surface area contributed by atoms with Gasteiger partial charge in [0.1, 0.15) is 0 Å². The summed E-state index contributed by atoms with van der Waals surface area (Å²) in [4.78, 5) is 29.8. The molecule has 1 atom stereocenters. The van der Waals surface area contributed by atoms with E-state index in [1.165, 1.54) is 34.7 Å². The maximum Gasteiger partial charge on any atom is 0.342 e. The summed E-state index contributed by atoms with van der Waals surface area (Å²) in [5, 5.41) is 11.7. The largest absolute Gasteiger partial charge is 0.479 e. The van der Waals surface area contributed by atoms with Crippen molar-refractivity contribution in [2.75, 3.05) is 17.7 Å². The van der Waals surface area contributed by atoms with E-state index < -0.39 is 38.0 Å². The van der Waals surface area contributed by atoms with Gasteiger partial charge in [-0.25, -0.2) is 26.4 Å². The molecule has 2 amide bonds. The highest BCUT2D eigenvalue weighted by molar-refractivity contribution is 7.91. The first-order chi connectivity index (χ1) is 15.5. The first kappa shape index (κ1) is 25.1. The van der Waals surface area contributed by atoms with E-state index in [4.69, 9.17) is 0 Å². The van der Waals surface area contributed by atoms with Gasteiger partial charge in [-0.1, -0.05) is 12.8 Å². The highest BCUT2D eigenvalue weighted by Crippen LogP contribution is 2.28. The van der Waals surface area contributed by atoms with Gasteiger partial charge in [-0.2, -0.15) is 4.72 Å². The highest BCUT2D eigenvalue weighted by Gasteiger charge is 2.31. The Morgan fingerprint density at radius 1 is 1.18 bits per heavy atom. The zero-order chi connectivity index (χ0) is 24.2. The summed E-state index contributed by atoms with van der Waals surface area (Å²) in [6.07, 6.45) is 4.03. The normalized spacial score (nSPS) is 15.8. The number of benzene rings is 1. The molecule has 180 valence electrons. The number of carbonyl (C=O) groups is 2. The van der Waals surface area contributed by atoms with Crippen LogP contribution in [0.15, 0.2) is 45.1 Å². The number of nitrogens with zero attached hydrogens (tertiary/aromatic N) is 2. The van der Waals surface area contributed by atoms with Crippen LogP contribution in [-0.4, -0.2) is 57.9 Å². The van der Waals surface area contributed by atoms with Gasteiger partial charge in [-0.3, -0.25) is 9.88 Å². The monoisotopic (exact) mass is 516 g/mol. The Labute approximate surface area is 195 Å². The molecule has 0 saturated heterocycles. The van der Waals surface area contributed by atoms with Crippen LogP contribution in [0.25, 0.3) is 0 Å². The smallest absolute Gasteiger partial charge is 0.342 e. The molecule has 1 saturated carbocycles. The number of thiazole rings is 1. The van der Waals surface area contributed by atoms with Crippen LogP contribution in [0, 0.1) is 5.92 Å². The van der Waals surface area contributed by atoms with Crippen molar-refractivity contribution in [3.8, 4) is 0 Å². The molecule has 3 rings (SSSR count). The molecular formula is C19H24N4O7S3. The van der Waals surface area contributed by atoms with Gasteiger partial charge in [0.25, 0.3) is 10.0 Å². The molecule has 0 spiro atoms. The first-order valence-electron chi connectivity index (χ1n) is 9.99. The van der Waals surface area contributed by atoms with Crippen LogP contribution < -0.4 is 14.9 Å². The second-order valence-corrected chi connectivity index (χ2v) is 12.5. The minimum Gasteiger partial charge on any atom is -0.479 e. The van der Waals surface area contributed by atoms with Crippen LogP contribution in [0.2, 0.25) is 0 Å². The topological polar surface area (TPSA) is 163 Å². The number of aromatic nitrogens is 1. The van der Waals surface area contributed by atoms with Crippen LogP contribution in [-0.2, 0) is 24.7 Å². The molecule has 1 heterocycles. The van der Waals surface area contributed by atoms with Gasteiger partial charge in [0.2, 0.25) is 0 Å². The van der Waals surface area contributed by atoms with Gasteiger partial charge in [-0.05, 0) is 43.0 Å². The third kappa shape index (κ3) is 6.50. The number of sulfonamides is 1. The Morgan fingerprint density at radius 2 is 1.82 bits per heavy atom. The summed E-state index contributed by atoms with van der Waals surface area (Å²) in [5.41, 5.74) is 1.65. The number of nitrogens with one attached hydrogen (secondary N) is 2. The molecule has 1 aliphatic carbocycles. The van der Waals surface area contributed by atoms with E-state index in [0.29, 0.717) is 5.69 Å². The molecule has 1 fully saturated rings. The molecule has 14 heteroatoms. The minimum atomic E-state index is -4.22. The van der Waals surface area contributed by atoms with Crippen molar-refractivity contribution in [2.45, 2.75) is 41.0 Å². The maximum atomic E-state index is 13.1. The Kier molecular flexibility index (Phi) is 7.72. The standard InChI is InChI=1S/C19H24N4O7S3/c1-32(27,28)15-8-6-14(7-9-15)23(11-13-4-2-3-5-13)19(26)21-17(18(24)25)22-33(29,30)16-10-20-12-31-16/h6-10,12-13,17,22H,2-5,11H2,1H3,(H,21,26)(H,24,25). The number of carboxylic acids is 1. The Morgan fingerprint density at radius 3 is 2.33 bits per heavy atom. The number of aliphatic carboxylic acids is 1. The van der Waals surface area contributed by atoms with Crippen LogP contribution in [0.4, 0.5) is 10.5 Å². The van der Waals surface area contributed by atoms with Crippen molar-refractivity contribution in [3.63, 3.8) is 0 Å². The summed E-state index contributed by atoms with van der Waals surface area (Å²) >= 11 is 0.803. The Hall–Kier alpha value is -2.55. The Balaban J connectivity index is 1.84. The highest BCUT2D eigenvalue weighted by atomic mass is 32.2. The quantitative estimate of drug-likeness (QED) is 0.424. The summed E-state index contributed by atoms with van der Waals surface area (Å²) in [5.74, 6) is -1.41. The average Bonchev–Trinajstić information content (AvgIpc) is 3.45. The predicted octanol–water partition coefficient (Wildman–Crippen LogP) is 1.64. The summed E-state index contributed by atoms with van der Waals surface area (Å²) in [6, 6.07) is 4.82. The lowest BCUT2D eigenvalue weighted by Gasteiger charge is -2.28. The lowest BCUT2D eigenvalue weighted by Crippen LogP contribution is -2.56. The van der Waals surface area contributed by atoms with Gasteiger partial charge in [0.15, 0.2) is 20.2 Å². The molecule has 3 N–H and O–H groups in total. The van der Waals surface area contributed by atoms with E-state index >= 15 is 0 Å². The zero-order valence-corrected chi connectivity index (χ0v) is 20.1. The van der Waals surface area contributed by atoms with Gasteiger partial charge >= 0.3 is 12.0 Å². The number of anilines is 1. The van der Waals surface area contributed by atoms with E-state index in [0.717, 1.165) is 49.5 Å². The van der Waals surface area contributed by atoms with Crippen molar-refractivity contribution in [3.05, 3.63) is 36.0 Å². The number of carbonyl (C=O) groups excluding carboxylic acids is 1. The van der Waals surface area contributed by atoms with Gasteiger partial charge in [0.05, 0.1) is 16.6 Å². The van der Waals surface area contributed by atoms with E-state index in [1.807, 2.05) is 4.72 Å². The molecule has 33 heavy (non-hydrogen) atoms. The number of hydrogen-bond acceptors (Lipinski definition) is 8. The van der Waals surface area contributed by atoms with Crippen molar-refractivity contribution in [1.29, 1.82) is 0 Å². The van der Waals surface area contributed by atoms with Crippen molar-refractivity contribution < 1.29 is 31.5 Å². The molecule has 1 unspecified atom stereocenters. The van der Waals surface area contributed by atoms with E-state index in [-0.39, 0.29) is 21.6 Å². The molecule has 0 bridgehead atoms. The number of sulfone groups is 1. The number of urea groups is 1. The van der Waals surface area contributed by atoms with E-state index in [1.54, 1.807) is 0 Å². The number of hydrogen-bond donors (Lipinski definition) is 3. The van der Waals surface area contributed by atoms with Crippen LogP contribution >= 0.6 is 11.3 Å². The number of amides is 2. The fourth-order valence-electron chi connectivity index (χ4n) is 3.52. The summed E-state index contributed by atoms with van der Waals surface area (Å²) in [6.45, 7) is 0.276. The Bertz CT molecular complexity index is 1190. The van der Waals surface area contributed by atoms with Crippen LogP contribution in [0.5, 0.6) is 0 Å². The third-order valence-electron chi connectivity index (χ3n) is 5.20. The number of rotatable bonds is 9. The van der Waals surface area contributed by atoms with Crippen LogP contribution in [0.1, 0.15) is 25.7 Å². The molecule has 11 nitrogen and oxygen atoms in total. The van der Waals surface area contributed by atoms with Gasteiger partial charge < -0.3 is 10.4 Å². The van der Waals surface area contributed by atoms with E-state index in [9.17, 15) is 31.5 Å². The lowest BCUT2D eigenvalue weighted by molar-refractivity contribution is -0.139. The minimum absolute atomic E-state index is 0.0770. The molecule has 1 aromatic carbocycles. The predicted molar refractivity (Wildman–Crippen MR) is 121 cm³/mol.